The van der Waals surface area contributed by atoms with Crippen molar-refractivity contribution in [3.8, 4) is 11.5 Å². The van der Waals surface area contributed by atoms with Gasteiger partial charge < -0.3 is 54.7 Å². The quantitative estimate of drug-likeness (QED) is 0.0567. The Balaban J connectivity index is 1.36. The second kappa shape index (κ2) is 16.9. The van der Waals surface area contributed by atoms with Crippen molar-refractivity contribution in [1.82, 2.24) is 0 Å². The maximum absolute atomic E-state index is 11.7. The highest BCUT2D eigenvalue weighted by Gasteiger charge is 2.48. The number of esters is 1. The molecule has 8 atom stereocenters. The highest BCUT2D eigenvalue weighted by Crippen LogP contribution is 2.29. The van der Waals surface area contributed by atoms with Gasteiger partial charge >= 0.3 is 5.97 Å². The summed E-state index contributed by atoms with van der Waals surface area (Å²) in [5.41, 5.74) is 1.34. The highest BCUT2D eigenvalue weighted by molar-refractivity contribution is 6.03. The Hall–Kier alpha value is -4.51. The Bertz CT molecular complexity index is 1820. The molecule has 0 saturated carbocycles. The Labute approximate surface area is 287 Å². The number of aliphatic hydroxyl groups is 5. The maximum Gasteiger partial charge on any atom is 0.303 e. The van der Waals surface area contributed by atoms with Crippen LogP contribution in [-0.2, 0) is 23.7 Å². The van der Waals surface area contributed by atoms with E-state index in [-0.39, 0.29) is 24.6 Å². The van der Waals surface area contributed by atoms with Crippen LogP contribution in [-0.4, -0.2) is 130 Å². The third-order valence-corrected chi connectivity index (χ3v) is 8.24. The van der Waals surface area contributed by atoms with Crippen LogP contribution in [0, 0.1) is 0 Å². The topological polar surface area (TPSA) is 220 Å². The summed E-state index contributed by atoms with van der Waals surface area (Å²) in [5, 5.41) is 75.6. The second-order valence-electron chi connectivity index (χ2n) is 11.7. The lowest BCUT2D eigenvalue weighted by molar-refractivity contribution is -0.322. The summed E-state index contributed by atoms with van der Waals surface area (Å²) in [6, 6.07) is 20.8. The molecule has 0 unspecified atom stereocenters. The van der Waals surface area contributed by atoms with E-state index >= 15 is 0 Å². The number of phenolic OH excluding ortho intramolecular Hbond substituents is 2. The highest BCUT2D eigenvalue weighted by atomic mass is 16.7. The molecule has 7 N–H and O–H groups in total. The van der Waals surface area contributed by atoms with Crippen molar-refractivity contribution >= 4 is 39.9 Å². The number of benzene rings is 4. The molecule has 14 nitrogen and oxygen atoms in total. The fourth-order valence-electron chi connectivity index (χ4n) is 5.74. The minimum Gasteiger partial charge on any atom is -0.507 e. The Morgan fingerprint density at radius 1 is 0.800 bits per heavy atom. The zero-order valence-corrected chi connectivity index (χ0v) is 27.1. The normalized spacial score (nSPS) is 23.0. The van der Waals surface area contributed by atoms with Crippen molar-refractivity contribution in [3.63, 3.8) is 0 Å². The molecule has 1 aliphatic heterocycles. The number of nitrogens with zero attached hydrogens (tertiary/aromatic N) is 2. The van der Waals surface area contributed by atoms with Crippen LogP contribution in [0.25, 0.3) is 21.5 Å². The monoisotopic (exact) mass is 692 g/mol. The number of aliphatic hydroxyl groups excluding tert-OH is 5. The SMILES string of the molecule is CC(=O)O[C@H]1[C@@H](O)[C@@H](CO)O[C@@H](O[C@@H](CN=Cc2ccc(O)c3ccccc23)[C@H](CO)O[C@H](O)CN=Cc2ccc(O)c3ccccc23)[C@@H]1O. The molecule has 4 aromatic rings. The van der Waals surface area contributed by atoms with E-state index in [1.165, 1.54) is 24.6 Å². The van der Waals surface area contributed by atoms with Crippen LogP contribution in [0.4, 0.5) is 0 Å². The number of carbonyl (C=O) groups excluding carboxylic acids is 1. The number of hydrogen-bond acceptors (Lipinski definition) is 14. The van der Waals surface area contributed by atoms with Crippen LogP contribution >= 0.6 is 0 Å². The van der Waals surface area contributed by atoms with E-state index in [4.69, 9.17) is 18.9 Å². The number of hydrogen-bond donors (Lipinski definition) is 7. The Morgan fingerprint density at radius 2 is 1.34 bits per heavy atom. The summed E-state index contributed by atoms with van der Waals surface area (Å²) in [5.74, 6) is -0.590. The van der Waals surface area contributed by atoms with Gasteiger partial charge in [-0.1, -0.05) is 48.5 Å². The van der Waals surface area contributed by atoms with E-state index < -0.39 is 68.4 Å². The van der Waals surface area contributed by atoms with E-state index in [1.807, 2.05) is 24.3 Å². The first-order valence-electron chi connectivity index (χ1n) is 15.9. The lowest BCUT2D eigenvalue weighted by Gasteiger charge is -2.42. The number of carbonyl (C=O) groups is 1. The molecule has 0 spiro atoms. The second-order valence-corrected chi connectivity index (χ2v) is 11.7. The lowest BCUT2D eigenvalue weighted by Crippen LogP contribution is -2.61. The molecule has 4 aromatic carbocycles. The van der Waals surface area contributed by atoms with Crippen LogP contribution in [0.2, 0.25) is 0 Å². The molecule has 5 rings (SSSR count). The number of ether oxygens (including phenoxy) is 4. The van der Waals surface area contributed by atoms with Gasteiger partial charge in [0.05, 0.1) is 26.3 Å². The van der Waals surface area contributed by atoms with Crippen molar-refractivity contribution in [2.75, 3.05) is 26.3 Å². The fourth-order valence-corrected chi connectivity index (χ4v) is 5.74. The Kier molecular flexibility index (Phi) is 12.5. The van der Waals surface area contributed by atoms with Crippen molar-refractivity contribution in [1.29, 1.82) is 0 Å². The van der Waals surface area contributed by atoms with Gasteiger partial charge in [0.25, 0.3) is 0 Å². The minimum absolute atomic E-state index is 0.0920. The van der Waals surface area contributed by atoms with Gasteiger partial charge in [-0.3, -0.25) is 14.8 Å². The summed E-state index contributed by atoms with van der Waals surface area (Å²) in [4.78, 5) is 20.5. The molecule has 50 heavy (non-hydrogen) atoms. The van der Waals surface area contributed by atoms with E-state index in [0.29, 0.717) is 27.3 Å². The first-order chi connectivity index (χ1) is 24.1. The van der Waals surface area contributed by atoms with Crippen LogP contribution in [0.1, 0.15) is 18.1 Å². The number of aromatic hydroxyl groups is 2. The van der Waals surface area contributed by atoms with Crippen molar-refractivity contribution in [2.24, 2.45) is 9.98 Å². The van der Waals surface area contributed by atoms with Crippen LogP contribution in [0.3, 0.4) is 0 Å². The summed E-state index contributed by atoms with van der Waals surface area (Å²) in [7, 11) is 0. The number of rotatable bonds is 14. The van der Waals surface area contributed by atoms with Gasteiger partial charge in [0, 0.05) is 41.3 Å². The van der Waals surface area contributed by atoms with Gasteiger partial charge in [0.2, 0.25) is 0 Å². The van der Waals surface area contributed by atoms with E-state index in [2.05, 4.69) is 9.98 Å². The van der Waals surface area contributed by atoms with Crippen LogP contribution in [0.5, 0.6) is 11.5 Å². The first kappa shape index (κ1) is 36.8. The zero-order chi connectivity index (χ0) is 35.8. The van der Waals surface area contributed by atoms with Crippen molar-refractivity contribution in [2.45, 2.75) is 56.1 Å². The van der Waals surface area contributed by atoms with E-state index in [9.17, 15) is 40.5 Å². The summed E-state index contributed by atoms with van der Waals surface area (Å²) in [6.45, 7) is -0.764. The van der Waals surface area contributed by atoms with Crippen molar-refractivity contribution in [3.05, 3.63) is 83.9 Å². The van der Waals surface area contributed by atoms with Crippen molar-refractivity contribution < 1.29 is 59.5 Å². The predicted octanol–water partition coefficient (Wildman–Crippen LogP) is 1.39. The molecular weight excluding hydrogens is 652 g/mol. The Morgan fingerprint density at radius 3 is 1.86 bits per heavy atom. The standard InChI is InChI=1S/C36H40N2O12/c1-20(41)47-35-33(45)31(19-40)50-36(34(35)46)49-29(16-37-14-21-10-12-27(42)25-8-4-2-6-23(21)25)30(18-39)48-32(44)17-38-15-22-11-13-28(43)26-9-5-3-7-24(22)26/h2-15,29-36,39-40,42-46H,16-19H2,1H3/t29-,30-,31+,32-,33-,34+,35-,36+/m0/s1. The smallest absolute Gasteiger partial charge is 0.303 e. The third kappa shape index (κ3) is 8.61. The summed E-state index contributed by atoms with van der Waals surface area (Å²) in [6.07, 6.45) is -8.69. The van der Waals surface area contributed by atoms with Gasteiger partial charge in [-0.15, -0.1) is 0 Å². The molecule has 1 fully saturated rings. The molecule has 0 bridgehead atoms. The number of aliphatic imine (C=N–C) groups is 2. The molecule has 1 aliphatic rings. The van der Waals surface area contributed by atoms with Gasteiger partial charge in [0.1, 0.15) is 42.0 Å². The molecule has 1 heterocycles. The van der Waals surface area contributed by atoms with Gasteiger partial charge in [-0.25, -0.2) is 0 Å². The van der Waals surface area contributed by atoms with Gasteiger partial charge in [-0.05, 0) is 35.0 Å². The predicted molar refractivity (Wildman–Crippen MR) is 182 cm³/mol. The molecule has 0 radical (unpaired) electrons. The van der Waals surface area contributed by atoms with E-state index in [0.717, 1.165) is 12.3 Å². The largest absolute Gasteiger partial charge is 0.507 e. The molecule has 0 aromatic heterocycles. The van der Waals surface area contributed by atoms with E-state index in [1.54, 1.807) is 36.4 Å². The lowest BCUT2D eigenvalue weighted by atomic mass is 9.99. The van der Waals surface area contributed by atoms with Gasteiger partial charge in [0.15, 0.2) is 18.7 Å². The maximum atomic E-state index is 11.7. The number of phenols is 2. The van der Waals surface area contributed by atoms with Crippen LogP contribution < -0.4 is 0 Å². The molecule has 1 saturated heterocycles. The summed E-state index contributed by atoms with van der Waals surface area (Å²) >= 11 is 0. The van der Waals surface area contributed by atoms with Gasteiger partial charge in [-0.2, -0.15) is 0 Å². The molecule has 14 heteroatoms. The summed E-state index contributed by atoms with van der Waals surface area (Å²) < 4.78 is 22.5. The molecular formula is C36H40N2O12. The average molecular weight is 693 g/mol. The number of fused-ring (bicyclic) bond motifs is 2. The third-order valence-electron chi connectivity index (χ3n) is 8.24. The van der Waals surface area contributed by atoms with Crippen LogP contribution in [0.15, 0.2) is 82.8 Å². The average Bonchev–Trinajstić information content (AvgIpc) is 3.11. The molecule has 0 aliphatic carbocycles. The molecule has 0 amide bonds. The molecule has 266 valence electrons. The fraction of sp³-hybridized carbons (Fsp3) is 0.361. The minimum atomic E-state index is -1.72. The zero-order valence-electron chi connectivity index (χ0n) is 27.1. The first-order valence-corrected chi connectivity index (χ1v) is 15.9.